The molecule has 144 valence electrons. The quantitative estimate of drug-likeness (QED) is 0.639. The summed E-state index contributed by atoms with van der Waals surface area (Å²) >= 11 is 1.37. The summed E-state index contributed by atoms with van der Waals surface area (Å²) in [5.41, 5.74) is 2.32. The van der Waals surface area contributed by atoms with Crippen molar-refractivity contribution in [1.29, 1.82) is 0 Å². The van der Waals surface area contributed by atoms with Crippen molar-refractivity contribution in [2.75, 3.05) is 24.9 Å². The molecule has 28 heavy (non-hydrogen) atoms. The van der Waals surface area contributed by atoms with Gasteiger partial charge in [-0.15, -0.1) is 11.3 Å². The first kappa shape index (κ1) is 19.4. The maximum absolute atomic E-state index is 12.5. The van der Waals surface area contributed by atoms with Gasteiger partial charge < -0.3 is 20.1 Å². The van der Waals surface area contributed by atoms with Crippen molar-refractivity contribution >= 4 is 34.5 Å². The second-order valence-electron chi connectivity index (χ2n) is 5.96. The van der Waals surface area contributed by atoms with Crippen LogP contribution < -0.4 is 20.1 Å². The van der Waals surface area contributed by atoms with Gasteiger partial charge in [0.2, 0.25) is 0 Å². The first-order valence-electron chi connectivity index (χ1n) is 8.51. The van der Waals surface area contributed by atoms with Crippen LogP contribution in [0.15, 0.2) is 53.9 Å². The van der Waals surface area contributed by atoms with E-state index in [2.05, 4.69) is 10.6 Å². The van der Waals surface area contributed by atoms with E-state index in [1.165, 1.54) is 25.6 Å². The van der Waals surface area contributed by atoms with Gasteiger partial charge in [0.05, 0.1) is 30.5 Å². The van der Waals surface area contributed by atoms with Gasteiger partial charge in [-0.2, -0.15) is 0 Å². The number of carbonyl (C=O) groups is 2. The molecule has 3 aromatic rings. The fourth-order valence-corrected chi connectivity index (χ4v) is 3.48. The van der Waals surface area contributed by atoms with E-state index in [1.54, 1.807) is 36.4 Å². The van der Waals surface area contributed by atoms with Crippen LogP contribution in [0.25, 0.3) is 0 Å². The van der Waals surface area contributed by atoms with Crippen LogP contribution in [0.5, 0.6) is 11.5 Å². The van der Waals surface area contributed by atoms with E-state index >= 15 is 0 Å². The Labute approximate surface area is 167 Å². The molecule has 0 saturated carbocycles. The molecule has 2 aromatic carbocycles. The maximum atomic E-state index is 12.5. The Hall–Kier alpha value is -3.32. The Morgan fingerprint density at radius 3 is 1.93 bits per heavy atom. The Morgan fingerprint density at radius 2 is 1.43 bits per heavy atom. The largest absolute Gasteiger partial charge is 0.494 e. The van der Waals surface area contributed by atoms with E-state index in [0.717, 1.165) is 5.56 Å². The molecule has 7 heteroatoms. The predicted molar refractivity (Wildman–Crippen MR) is 111 cm³/mol. The van der Waals surface area contributed by atoms with Crippen LogP contribution in [0.1, 0.15) is 25.6 Å². The molecule has 0 spiro atoms. The zero-order chi connectivity index (χ0) is 20.1. The number of rotatable bonds is 6. The molecule has 0 atom stereocenters. The monoisotopic (exact) mass is 396 g/mol. The average Bonchev–Trinajstić information content (AvgIpc) is 3.15. The average molecular weight is 396 g/mol. The lowest BCUT2D eigenvalue weighted by Gasteiger charge is -2.16. The van der Waals surface area contributed by atoms with Crippen LogP contribution in [0.3, 0.4) is 0 Å². The van der Waals surface area contributed by atoms with Crippen molar-refractivity contribution in [3.8, 4) is 11.5 Å². The Bertz CT molecular complexity index is 999. The van der Waals surface area contributed by atoms with Crippen LogP contribution >= 0.6 is 11.3 Å². The fraction of sp³-hybridized carbons (Fsp3) is 0.143. The van der Waals surface area contributed by atoms with Crippen molar-refractivity contribution in [3.05, 3.63) is 69.9 Å². The molecule has 0 fully saturated rings. The lowest BCUT2D eigenvalue weighted by molar-refractivity contribution is 0.101. The third-order valence-electron chi connectivity index (χ3n) is 4.12. The lowest BCUT2D eigenvalue weighted by atomic mass is 10.2. The number of ether oxygens (including phenoxy) is 2. The minimum Gasteiger partial charge on any atom is -0.494 e. The molecule has 0 aliphatic rings. The molecule has 2 amide bonds. The van der Waals surface area contributed by atoms with E-state index in [1.807, 2.05) is 24.4 Å². The summed E-state index contributed by atoms with van der Waals surface area (Å²) in [6.45, 7) is 1.88. The summed E-state index contributed by atoms with van der Waals surface area (Å²) in [6.07, 6.45) is 0. The minimum atomic E-state index is -0.271. The van der Waals surface area contributed by atoms with Gasteiger partial charge in [-0.1, -0.05) is 18.2 Å². The second kappa shape index (κ2) is 8.58. The summed E-state index contributed by atoms with van der Waals surface area (Å²) in [6, 6.07) is 14.0. The second-order valence-corrected chi connectivity index (χ2v) is 6.88. The third-order valence-corrected chi connectivity index (χ3v) is 5.14. The van der Waals surface area contributed by atoms with Gasteiger partial charge in [-0.05, 0) is 36.1 Å². The molecule has 6 nitrogen and oxygen atoms in total. The predicted octanol–water partition coefficient (Wildman–Crippen LogP) is 4.58. The third kappa shape index (κ3) is 4.15. The fourth-order valence-electron chi connectivity index (χ4n) is 2.66. The summed E-state index contributed by atoms with van der Waals surface area (Å²) in [4.78, 5) is 25.6. The summed E-state index contributed by atoms with van der Waals surface area (Å²) < 4.78 is 10.8. The number of anilines is 2. The van der Waals surface area contributed by atoms with Crippen LogP contribution in [0.2, 0.25) is 0 Å². The van der Waals surface area contributed by atoms with Gasteiger partial charge in [-0.3, -0.25) is 9.59 Å². The number of benzene rings is 2. The molecule has 1 aromatic heterocycles. The number of methoxy groups -OCH3 is 2. The molecule has 2 N–H and O–H groups in total. The molecule has 0 saturated heterocycles. The summed E-state index contributed by atoms with van der Waals surface area (Å²) in [5, 5.41) is 7.53. The number of thiophene rings is 1. The van der Waals surface area contributed by atoms with Crippen LogP contribution in [-0.2, 0) is 0 Å². The van der Waals surface area contributed by atoms with Gasteiger partial charge in [0.1, 0.15) is 11.5 Å². The standard InChI is InChI=1S/C21H20N2O4S/c1-13-9-10-28-19(13)21(25)23-16-12-17(26-2)15(11-18(16)27-3)22-20(24)14-7-5-4-6-8-14/h4-12H,1-3H3,(H,22,24)(H,23,25). The summed E-state index contributed by atoms with van der Waals surface area (Å²) in [7, 11) is 2.99. The van der Waals surface area contributed by atoms with Crippen molar-refractivity contribution in [1.82, 2.24) is 0 Å². The molecule has 3 rings (SSSR count). The summed E-state index contributed by atoms with van der Waals surface area (Å²) in [5.74, 6) is 0.316. The maximum Gasteiger partial charge on any atom is 0.266 e. The highest BCUT2D eigenvalue weighted by molar-refractivity contribution is 7.12. The van der Waals surface area contributed by atoms with E-state index in [0.29, 0.717) is 33.3 Å². The number of hydrogen-bond acceptors (Lipinski definition) is 5. The van der Waals surface area contributed by atoms with Crippen molar-refractivity contribution in [2.45, 2.75) is 6.92 Å². The van der Waals surface area contributed by atoms with E-state index in [-0.39, 0.29) is 11.8 Å². The van der Waals surface area contributed by atoms with Gasteiger partial charge in [0.15, 0.2) is 0 Å². The van der Waals surface area contributed by atoms with E-state index in [9.17, 15) is 9.59 Å². The Morgan fingerprint density at radius 1 is 0.857 bits per heavy atom. The zero-order valence-corrected chi connectivity index (χ0v) is 16.6. The first-order valence-corrected chi connectivity index (χ1v) is 9.39. The minimum absolute atomic E-state index is 0.228. The SMILES string of the molecule is COc1cc(NC(=O)c2sccc2C)c(OC)cc1NC(=O)c1ccccc1. The van der Waals surface area contributed by atoms with Crippen molar-refractivity contribution in [3.63, 3.8) is 0 Å². The van der Waals surface area contributed by atoms with Crippen LogP contribution in [0.4, 0.5) is 11.4 Å². The van der Waals surface area contributed by atoms with E-state index in [4.69, 9.17) is 9.47 Å². The highest BCUT2D eigenvalue weighted by atomic mass is 32.1. The van der Waals surface area contributed by atoms with Gasteiger partial charge in [0.25, 0.3) is 11.8 Å². The molecule has 1 heterocycles. The highest BCUT2D eigenvalue weighted by Crippen LogP contribution is 2.37. The van der Waals surface area contributed by atoms with Gasteiger partial charge >= 0.3 is 0 Å². The smallest absolute Gasteiger partial charge is 0.266 e. The number of hydrogen-bond donors (Lipinski definition) is 2. The van der Waals surface area contributed by atoms with Gasteiger partial charge in [-0.25, -0.2) is 0 Å². The van der Waals surface area contributed by atoms with Crippen molar-refractivity contribution < 1.29 is 19.1 Å². The lowest BCUT2D eigenvalue weighted by Crippen LogP contribution is -2.15. The number of aryl methyl sites for hydroxylation is 1. The zero-order valence-electron chi connectivity index (χ0n) is 15.7. The van der Waals surface area contributed by atoms with Crippen LogP contribution in [0, 0.1) is 6.92 Å². The molecular formula is C21H20N2O4S. The van der Waals surface area contributed by atoms with Crippen molar-refractivity contribution in [2.24, 2.45) is 0 Å². The molecular weight excluding hydrogens is 376 g/mol. The normalized spacial score (nSPS) is 10.2. The molecule has 0 bridgehead atoms. The Balaban J connectivity index is 1.88. The molecule has 0 aliphatic heterocycles. The first-order chi connectivity index (χ1) is 13.5. The van der Waals surface area contributed by atoms with Gasteiger partial charge in [0, 0.05) is 17.7 Å². The topological polar surface area (TPSA) is 76.7 Å². The van der Waals surface area contributed by atoms with E-state index < -0.39 is 0 Å². The molecule has 0 radical (unpaired) electrons. The molecule has 0 unspecified atom stereocenters. The van der Waals surface area contributed by atoms with Crippen LogP contribution in [-0.4, -0.2) is 26.0 Å². The number of nitrogens with one attached hydrogen (secondary N) is 2. The Kier molecular flexibility index (Phi) is 5.96. The molecule has 0 aliphatic carbocycles. The number of carbonyl (C=O) groups excluding carboxylic acids is 2. The highest BCUT2D eigenvalue weighted by Gasteiger charge is 2.18. The number of amides is 2.